The van der Waals surface area contributed by atoms with Gasteiger partial charge >= 0.3 is 11.5 Å². The van der Waals surface area contributed by atoms with E-state index in [0.29, 0.717) is 0 Å². The number of carboxylic acids is 1. The van der Waals surface area contributed by atoms with Gasteiger partial charge in [0.05, 0.1) is 0 Å². The second-order valence-electron chi connectivity index (χ2n) is 3.08. The standard InChI is InChI=1S/C9H8F3NO3S/c10-9(11,12)17-4-1-2-6(14)5(3-4)7(13)8(15)16/h1-3,7,14H,13H2,(H,15,16)/t7-/m0/s1. The fourth-order valence-electron chi connectivity index (χ4n) is 1.11. The molecule has 0 aliphatic heterocycles. The van der Waals surface area contributed by atoms with E-state index in [-0.39, 0.29) is 10.5 Å². The van der Waals surface area contributed by atoms with Crippen LogP contribution in [0.3, 0.4) is 0 Å². The van der Waals surface area contributed by atoms with Crippen molar-refractivity contribution in [2.75, 3.05) is 0 Å². The average molecular weight is 267 g/mol. The van der Waals surface area contributed by atoms with Gasteiger partial charge in [-0.15, -0.1) is 0 Å². The van der Waals surface area contributed by atoms with E-state index in [1.807, 2.05) is 0 Å². The zero-order chi connectivity index (χ0) is 13.2. The number of phenolic OH excluding ortho intramolecular Hbond substituents is 1. The lowest BCUT2D eigenvalue weighted by atomic mass is 10.1. The Hall–Kier alpha value is -1.41. The number of benzene rings is 1. The van der Waals surface area contributed by atoms with Crippen LogP contribution in [0.4, 0.5) is 13.2 Å². The number of alkyl halides is 3. The molecule has 0 bridgehead atoms. The monoisotopic (exact) mass is 267 g/mol. The molecule has 94 valence electrons. The van der Waals surface area contributed by atoms with E-state index in [0.717, 1.165) is 18.2 Å². The van der Waals surface area contributed by atoms with Crippen molar-refractivity contribution in [3.63, 3.8) is 0 Å². The number of carbonyl (C=O) groups is 1. The molecule has 1 aromatic carbocycles. The number of hydrogen-bond donors (Lipinski definition) is 3. The van der Waals surface area contributed by atoms with Gasteiger partial charge in [-0.3, -0.25) is 4.79 Å². The fraction of sp³-hybridized carbons (Fsp3) is 0.222. The van der Waals surface area contributed by atoms with Crippen LogP contribution in [-0.4, -0.2) is 21.7 Å². The zero-order valence-electron chi connectivity index (χ0n) is 8.23. The number of phenols is 1. The van der Waals surface area contributed by atoms with Crippen LogP contribution < -0.4 is 5.73 Å². The van der Waals surface area contributed by atoms with Crippen molar-refractivity contribution in [3.05, 3.63) is 23.8 Å². The van der Waals surface area contributed by atoms with Crippen LogP contribution in [0.1, 0.15) is 11.6 Å². The summed E-state index contributed by atoms with van der Waals surface area (Å²) < 4.78 is 36.3. The van der Waals surface area contributed by atoms with Crippen LogP contribution >= 0.6 is 11.8 Å². The molecule has 0 saturated heterocycles. The predicted octanol–water partition coefficient (Wildman–Crippen LogP) is 2.09. The highest BCUT2D eigenvalue weighted by molar-refractivity contribution is 8.00. The molecule has 1 rings (SSSR count). The third kappa shape index (κ3) is 3.82. The van der Waals surface area contributed by atoms with E-state index in [9.17, 15) is 23.1 Å². The first-order chi connectivity index (χ1) is 7.70. The maximum absolute atomic E-state index is 12.1. The smallest absolute Gasteiger partial charge is 0.446 e. The number of hydrogen-bond acceptors (Lipinski definition) is 4. The molecule has 0 amide bonds. The number of carboxylic acid groups (broad SMARTS) is 1. The van der Waals surface area contributed by atoms with E-state index in [4.69, 9.17) is 10.8 Å². The quantitative estimate of drug-likeness (QED) is 0.730. The van der Waals surface area contributed by atoms with Gasteiger partial charge in [-0.25, -0.2) is 0 Å². The predicted molar refractivity (Wildman–Crippen MR) is 54.6 cm³/mol. The molecule has 0 aromatic heterocycles. The van der Waals surface area contributed by atoms with E-state index in [1.165, 1.54) is 0 Å². The molecule has 17 heavy (non-hydrogen) atoms. The lowest BCUT2D eigenvalue weighted by Gasteiger charge is -2.11. The maximum Gasteiger partial charge on any atom is 0.446 e. The Morgan fingerprint density at radius 1 is 1.41 bits per heavy atom. The van der Waals surface area contributed by atoms with Crippen molar-refractivity contribution in [1.29, 1.82) is 0 Å². The van der Waals surface area contributed by atoms with Crippen LogP contribution in [-0.2, 0) is 4.79 Å². The molecule has 0 unspecified atom stereocenters. The molecule has 0 aliphatic carbocycles. The molecular weight excluding hydrogens is 259 g/mol. The summed E-state index contributed by atoms with van der Waals surface area (Å²) in [6.45, 7) is 0. The van der Waals surface area contributed by atoms with Crippen molar-refractivity contribution in [1.82, 2.24) is 0 Å². The molecule has 4 N–H and O–H groups in total. The van der Waals surface area contributed by atoms with E-state index >= 15 is 0 Å². The summed E-state index contributed by atoms with van der Waals surface area (Å²) in [7, 11) is 0. The number of nitrogens with two attached hydrogens (primary N) is 1. The van der Waals surface area contributed by atoms with Crippen LogP contribution in [0.25, 0.3) is 0 Å². The van der Waals surface area contributed by atoms with Gasteiger partial charge in [0.15, 0.2) is 0 Å². The lowest BCUT2D eigenvalue weighted by Crippen LogP contribution is -2.20. The van der Waals surface area contributed by atoms with Gasteiger partial charge in [-0.1, -0.05) is 0 Å². The molecule has 4 nitrogen and oxygen atoms in total. The molecule has 8 heteroatoms. The number of aliphatic carboxylic acids is 1. The number of thioether (sulfide) groups is 1. The van der Waals surface area contributed by atoms with Crippen LogP contribution in [0, 0.1) is 0 Å². The number of aromatic hydroxyl groups is 1. The Balaban J connectivity index is 3.06. The van der Waals surface area contributed by atoms with Gasteiger partial charge in [0.1, 0.15) is 11.8 Å². The number of rotatable bonds is 3. The van der Waals surface area contributed by atoms with Gasteiger partial charge in [0, 0.05) is 10.5 Å². The van der Waals surface area contributed by atoms with Crippen molar-refractivity contribution in [2.45, 2.75) is 16.4 Å². The van der Waals surface area contributed by atoms with Crippen molar-refractivity contribution in [2.24, 2.45) is 5.73 Å². The summed E-state index contributed by atoms with van der Waals surface area (Å²) in [5.74, 6) is -1.89. The Kier molecular flexibility index (Phi) is 3.89. The fourth-order valence-corrected chi connectivity index (χ4v) is 1.70. The molecule has 1 aromatic rings. The van der Waals surface area contributed by atoms with Crippen molar-refractivity contribution >= 4 is 17.7 Å². The summed E-state index contributed by atoms with van der Waals surface area (Å²) >= 11 is -0.407. The first-order valence-electron chi connectivity index (χ1n) is 4.28. The summed E-state index contributed by atoms with van der Waals surface area (Å²) in [5, 5.41) is 17.9. The minimum atomic E-state index is -4.48. The van der Waals surface area contributed by atoms with E-state index < -0.39 is 35.0 Å². The lowest BCUT2D eigenvalue weighted by molar-refractivity contribution is -0.138. The van der Waals surface area contributed by atoms with Crippen LogP contribution in [0.5, 0.6) is 5.75 Å². The third-order valence-electron chi connectivity index (χ3n) is 1.83. The third-order valence-corrected chi connectivity index (χ3v) is 2.55. The minimum Gasteiger partial charge on any atom is -0.508 e. The molecule has 0 heterocycles. The van der Waals surface area contributed by atoms with Crippen molar-refractivity contribution < 1.29 is 28.2 Å². The minimum absolute atomic E-state index is 0.234. The Bertz CT molecular complexity index is 436. The maximum atomic E-state index is 12.1. The average Bonchev–Trinajstić information content (AvgIpc) is 2.17. The molecule has 1 atom stereocenters. The SMILES string of the molecule is N[C@H](C(=O)O)c1cc(SC(F)(F)F)ccc1O. The van der Waals surface area contributed by atoms with Gasteiger partial charge in [-0.2, -0.15) is 13.2 Å². The first kappa shape index (κ1) is 13.7. The van der Waals surface area contributed by atoms with Gasteiger partial charge < -0.3 is 15.9 Å². The van der Waals surface area contributed by atoms with Crippen LogP contribution in [0.15, 0.2) is 23.1 Å². The highest BCUT2D eigenvalue weighted by Gasteiger charge is 2.30. The molecule has 0 saturated carbocycles. The Labute approximate surface area is 98.2 Å². The molecule has 0 aliphatic rings. The molecule has 0 spiro atoms. The highest BCUT2D eigenvalue weighted by Crippen LogP contribution is 2.39. The first-order valence-corrected chi connectivity index (χ1v) is 5.09. The molecule has 0 radical (unpaired) electrons. The molecular formula is C9H8F3NO3S. The second-order valence-corrected chi connectivity index (χ2v) is 4.22. The van der Waals surface area contributed by atoms with Gasteiger partial charge in [0.25, 0.3) is 0 Å². The van der Waals surface area contributed by atoms with E-state index in [1.54, 1.807) is 0 Å². The topological polar surface area (TPSA) is 83.6 Å². The summed E-state index contributed by atoms with van der Waals surface area (Å²) in [5.41, 5.74) is 0.479. The Morgan fingerprint density at radius 2 is 2.00 bits per heavy atom. The summed E-state index contributed by atoms with van der Waals surface area (Å²) in [4.78, 5) is 10.3. The second kappa shape index (κ2) is 4.84. The molecule has 0 fully saturated rings. The zero-order valence-corrected chi connectivity index (χ0v) is 9.05. The number of halogens is 3. The van der Waals surface area contributed by atoms with Crippen LogP contribution in [0.2, 0.25) is 0 Å². The van der Waals surface area contributed by atoms with E-state index in [2.05, 4.69) is 0 Å². The highest BCUT2D eigenvalue weighted by atomic mass is 32.2. The van der Waals surface area contributed by atoms with Crippen molar-refractivity contribution in [3.8, 4) is 5.75 Å². The summed E-state index contributed by atoms with van der Waals surface area (Å²) in [6.07, 6.45) is 0. The van der Waals surface area contributed by atoms with Gasteiger partial charge in [-0.05, 0) is 30.0 Å². The summed E-state index contributed by atoms with van der Waals surface area (Å²) in [6, 6.07) is 1.35. The normalized spacial score (nSPS) is 13.4. The largest absolute Gasteiger partial charge is 0.508 e. The van der Waals surface area contributed by atoms with Gasteiger partial charge in [0.2, 0.25) is 0 Å². The Morgan fingerprint density at radius 3 is 2.47 bits per heavy atom.